The minimum absolute atomic E-state index is 0.00347. The van der Waals surface area contributed by atoms with Crippen molar-refractivity contribution in [2.45, 2.75) is 44.7 Å². The number of amides is 1. The quantitative estimate of drug-likeness (QED) is 0.550. The Morgan fingerprint density at radius 1 is 1.00 bits per heavy atom. The summed E-state index contributed by atoms with van der Waals surface area (Å²) in [6, 6.07) is 12.0. The van der Waals surface area contributed by atoms with E-state index in [1.807, 2.05) is 41.4 Å². The van der Waals surface area contributed by atoms with E-state index < -0.39 is 0 Å². The molecular weight excluding hydrogens is 464 g/mol. The molecule has 0 saturated carbocycles. The molecule has 5 heterocycles. The molecule has 0 unspecified atom stereocenters. The molecule has 35 heavy (non-hydrogen) atoms. The first-order valence-electron chi connectivity index (χ1n) is 12.4. The van der Waals surface area contributed by atoms with Crippen LogP contribution >= 0.6 is 11.6 Å². The number of piperidine rings is 1. The van der Waals surface area contributed by atoms with E-state index in [4.69, 9.17) is 16.3 Å². The number of nitrogens with zero attached hydrogens (tertiary/aromatic N) is 6. The van der Waals surface area contributed by atoms with Gasteiger partial charge in [0.1, 0.15) is 11.6 Å². The summed E-state index contributed by atoms with van der Waals surface area (Å²) >= 11 is 6.40. The highest BCUT2D eigenvalue weighted by atomic mass is 35.5. The molecule has 6 rings (SSSR count). The van der Waals surface area contributed by atoms with Crippen LogP contribution in [0.15, 0.2) is 42.6 Å². The van der Waals surface area contributed by atoms with Crippen molar-refractivity contribution in [2.24, 2.45) is 5.92 Å². The van der Waals surface area contributed by atoms with Crippen molar-refractivity contribution in [1.82, 2.24) is 24.6 Å². The van der Waals surface area contributed by atoms with Crippen LogP contribution in [-0.4, -0.2) is 56.9 Å². The SMILES string of the molecule is O=C(C1CCOCC1)N1Cc2cc(Cl)ccc2-n2c(nnc2C2CCN(c3ccccn3)CC2)C1. The third kappa shape index (κ3) is 4.41. The zero-order valence-electron chi connectivity index (χ0n) is 19.6. The number of aromatic nitrogens is 4. The Morgan fingerprint density at radius 3 is 2.60 bits per heavy atom. The van der Waals surface area contributed by atoms with Crippen LogP contribution in [0.5, 0.6) is 0 Å². The second-order valence-corrected chi connectivity index (χ2v) is 10.0. The van der Waals surface area contributed by atoms with Gasteiger partial charge in [0.25, 0.3) is 0 Å². The van der Waals surface area contributed by atoms with Gasteiger partial charge in [0.2, 0.25) is 5.91 Å². The Kier molecular flexibility index (Phi) is 6.16. The maximum atomic E-state index is 13.5. The molecule has 1 aromatic carbocycles. The van der Waals surface area contributed by atoms with E-state index in [1.165, 1.54) is 0 Å². The molecule has 1 amide bonds. The predicted molar refractivity (Wildman–Crippen MR) is 133 cm³/mol. The monoisotopic (exact) mass is 492 g/mol. The van der Waals surface area contributed by atoms with Gasteiger partial charge in [0, 0.05) is 55.9 Å². The molecule has 0 spiro atoms. The Balaban J connectivity index is 1.29. The van der Waals surface area contributed by atoms with Gasteiger partial charge >= 0.3 is 0 Å². The van der Waals surface area contributed by atoms with Gasteiger partial charge < -0.3 is 14.5 Å². The summed E-state index contributed by atoms with van der Waals surface area (Å²) in [5, 5.41) is 9.95. The molecule has 0 aliphatic carbocycles. The Morgan fingerprint density at radius 2 is 1.83 bits per heavy atom. The van der Waals surface area contributed by atoms with Gasteiger partial charge in [-0.15, -0.1) is 10.2 Å². The van der Waals surface area contributed by atoms with Gasteiger partial charge in [0.05, 0.1) is 12.2 Å². The maximum absolute atomic E-state index is 13.5. The topological polar surface area (TPSA) is 76.4 Å². The lowest BCUT2D eigenvalue weighted by Crippen LogP contribution is -2.37. The first-order chi connectivity index (χ1) is 17.2. The number of rotatable bonds is 3. The maximum Gasteiger partial charge on any atom is 0.226 e. The fourth-order valence-corrected chi connectivity index (χ4v) is 5.75. The molecule has 0 atom stereocenters. The van der Waals surface area contributed by atoms with E-state index >= 15 is 0 Å². The first kappa shape index (κ1) is 22.5. The van der Waals surface area contributed by atoms with E-state index in [9.17, 15) is 4.79 Å². The van der Waals surface area contributed by atoms with Gasteiger partial charge in [-0.3, -0.25) is 9.36 Å². The number of carbonyl (C=O) groups is 1. The third-order valence-corrected chi connectivity index (χ3v) is 7.68. The summed E-state index contributed by atoms with van der Waals surface area (Å²) in [5.41, 5.74) is 2.06. The van der Waals surface area contributed by atoms with Crippen molar-refractivity contribution < 1.29 is 9.53 Å². The van der Waals surface area contributed by atoms with Crippen LogP contribution in [0.4, 0.5) is 5.82 Å². The third-order valence-electron chi connectivity index (χ3n) is 7.45. The molecule has 3 aliphatic heterocycles. The average Bonchev–Trinajstić information content (AvgIpc) is 3.25. The van der Waals surface area contributed by atoms with Crippen molar-refractivity contribution in [3.8, 4) is 5.69 Å². The van der Waals surface area contributed by atoms with Gasteiger partial charge in [-0.1, -0.05) is 17.7 Å². The lowest BCUT2D eigenvalue weighted by Gasteiger charge is -2.32. The number of hydrogen-bond donors (Lipinski definition) is 0. The molecule has 182 valence electrons. The number of fused-ring (bicyclic) bond motifs is 3. The lowest BCUT2D eigenvalue weighted by molar-refractivity contribution is -0.139. The summed E-state index contributed by atoms with van der Waals surface area (Å²) in [7, 11) is 0. The molecule has 0 N–H and O–H groups in total. The van der Waals surface area contributed by atoms with E-state index in [1.54, 1.807) is 0 Å². The van der Waals surface area contributed by atoms with Crippen LogP contribution in [0, 0.1) is 5.92 Å². The van der Waals surface area contributed by atoms with Gasteiger partial charge in [-0.05, 0) is 61.6 Å². The second-order valence-electron chi connectivity index (χ2n) is 9.61. The van der Waals surface area contributed by atoms with Crippen LogP contribution < -0.4 is 4.90 Å². The molecule has 8 nitrogen and oxygen atoms in total. The minimum Gasteiger partial charge on any atom is -0.381 e. The zero-order valence-corrected chi connectivity index (χ0v) is 20.4. The molecular formula is C26H29ClN6O2. The predicted octanol–water partition coefficient (Wildman–Crippen LogP) is 3.97. The standard InChI is InChI=1S/C26H29ClN6O2/c27-21-4-5-22-20(15-21)16-32(26(34)19-8-13-35-14-9-19)17-24-29-30-25(33(22)24)18-6-11-31(12-7-18)23-3-1-2-10-28-23/h1-5,10,15,18-19H,6-9,11-14,16-17H2. The molecule has 2 saturated heterocycles. The van der Waals surface area contributed by atoms with Crippen LogP contribution in [0.1, 0.15) is 48.8 Å². The highest BCUT2D eigenvalue weighted by Gasteiger charge is 2.33. The Hall–Kier alpha value is -2.97. The van der Waals surface area contributed by atoms with Crippen molar-refractivity contribution >= 4 is 23.3 Å². The van der Waals surface area contributed by atoms with Crippen molar-refractivity contribution in [3.05, 3.63) is 64.8 Å². The highest BCUT2D eigenvalue weighted by molar-refractivity contribution is 6.30. The molecule has 0 bridgehead atoms. The second kappa shape index (κ2) is 9.59. The Bertz CT molecular complexity index is 1200. The number of pyridine rings is 1. The van der Waals surface area contributed by atoms with Crippen LogP contribution in [-0.2, 0) is 22.6 Å². The minimum atomic E-state index is -0.00347. The van der Waals surface area contributed by atoms with E-state index in [0.29, 0.717) is 31.3 Å². The normalized spacial score (nSPS) is 19.2. The largest absolute Gasteiger partial charge is 0.381 e. The first-order valence-corrected chi connectivity index (χ1v) is 12.8. The van der Waals surface area contributed by atoms with E-state index in [-0.39, 0.29) is 17.7 Å². The van der Waals surface area contributed by atoms with Crippen molar-refractivity contribution in [1.29, 1.82) is 0 Å². The molecule has 2 aromatic heterocycles. The summed E-state index contributed by atoms with van der Waals surface area (Å²) in [5.74, 6) is 3.26. The van der Waals surface area contributed by atoms with Gasteiger partial charge in [0.15, 0.2) is 5.82 Å². The number of carbonyl (C=O) groups excluding carboxylic acids is 1. The number of anilines is 1. The van der Waals surface area contributed by atoms with Crippen molar-refractivity contribution in [3.63, 3.8) is 0 Å². The van der Waals surface area contributed by atoms with E-state index in [0.717, 1.165) is 67.5 Å². The summed E-state index contributed by atoms with van der Waals surface area (Å²) in [6.07, 6.45) is 5.33. The zero-order chi connectivity index (χ0) is 23.8. The summed E-state index contributed by atoms with van der Waals surface area (Å²) < 4.78 is 7.66. The number of benzene rings is 1. The smallest absolute Gasteiger partial charge is 0.226 e. The number of halogens is 1. The molecule has 9 heteroatoms. The Labute approximate surface area is 209 Å². The van der Waals surface area contributed by atoms with Gasteiger partial charge in [-0.2, -0.15) is 0 Å². The summed E-state index contributed by atoms with van der Waals surface area (Å²) in [4.78, 5) is 22.2. The molecule has 2 fully saturated rings. The number of hydrogen-bond acceptors (Lipinski definition) is 6. The van der Waals surface area contributed by atoms with Crippen LogP contribution in [0.25, 0.3) is 5.69 Å². The molecule has 0 radical (unpaired) electrons. The van der Waals surface area contributed by atoms with Crippen LogP contribution in [0.3, 0.4) is 0 Å². The van der Waals surface area contributed by atoms with Crippen molar-refractivity contribution in [2.75, 3.05) is 31.2 Å². The van der Waals surface area contributed by atoms with E-state index in [2.05, 4.69) is 30.7 Å². The lowest BCUT2D eigenvalue weighted by atomic mass is 9.95. The summed E-state index contributed by atoms with van der Waals surface area (Å²) in [6.45, 7) is 4.10. The molecule has 3 aromatic rings. The average molecular weight is 493 g/mol. The number of ether oxygens (including phenoxy) is 1. The fourth-order valence-electron chi connectivity index (χ4n) is 5.56. The fraction of sp³-hybridized carbons (Fsp3) is 0.462. The molecule has 3 aliphatic rings. The van der Waals surface area contributed by atoms with Gasteiger partial charge in [-0.25, -0.2) is 4.98 Å². The van der Waals surface area contributed by atoms with Crippen LogP contribution in [0.2, 0.25) is 5.02 Å². The highest BCUT2D eigenvalue weighted by Crippen LogP contribution is 2.35.